The minimum atomic E-state index is 0.0122. The van der Waals surface area contributed by atoms with Crippen LogP contribution < -0.4 is 10.6 Å². The van der Waals surface area contributed by atoms with E-state index < -0.39 is 0 Å². The fraction of sp³-hybridized carbons (Fsp3) is 0.538. The number of ether oxygens (including phenoxy) is 1. The van der Waals surface area contributed by atoms with Crippen molar-refractivity contribution in [2.24, 2.45) is 11.7 Å². The number of rotatable bonds is 3. The molecule has 1 aliphatic heterocycles. The molecule has 0 saturated carbocycles. The summed E-state index contributed by atoms with van der Waals surface area (Å²) in [6.45, 7) is 3.98. The van der Waals surface area contributed by atoms with Crippen LogP contribution in [0.25, 0.3) is 0 Å². The lowest BCUT2D eigenvalue weighted by molar-refractivity contribution is 0.0498. The van der Waals surface area contributed by atoms with Gasteiger partial charge in [0.1, 0.15) is 11.5 Å². The van der Waals surface area contributed by atoms with Gasteiger partial charge in [-0.2, -0.15) is 0 Å². The first-order valence-electron chi connectivity index (χ1n) is 6.20. The molecule has 2 unspecified atom stereocenters. The second kappa shape index (κ2) is 5.35. The first-order valence-corrected chi connectivity index (χ1v) is 6.20. The number of piperidine rings is 1. The Kier molecular flexibility index (Phi) is 3.81. The minimum Gasteiger partial charge on any atom is -0.382 e. The van der Waals surface area contributed by atoms with Crippen molar-refractivity contribution < 1.29 is 4.74 Å². The highest BCUT2D eigenvalue weighted by atomic mass is 16.5. The van der Waals surface area contributed by atoms with Crippen LogP contribution in [0.15, 0.2) is 18.3 Å². The molecule has 2 heterocycles. The van der Waals surface area contributed by atoms with Crippen molar-refractivity contribution in [2.45, 2.75) is 19.4 Å². The molecule has 5 heteroatoms. The van der Waals surface area contributed by atoms with Crippen molar-refractivity contribution in [1.29, 1.82) is 5.41 Å². The lowest BCUT2D eigenvalue weighted by atomic mass is 9.95. The van der Waals surface area contributed by atoms with Gasteiger partial charge in [-0.05, 0) is 24.5 Å². The van der Waals surface area contributed by atoms with Gasteiger partial charge in [0, 0.05) is 26.4 Å². The van der Waals surface area contributed by atoms with Crippen LogP contribution in [0.2, 0.25) is 0 Å². The molecule has 0 bridgehead atoms. The molecule has 0 aliphatic carbocycles. The number of anilines is 1. The van der Waals surface area contributed by atoms with Crippen LogP contribution in [0.5, 0.6) is 0 Å². The van der Waals surface area contributed by atoms with Gasteiger partial charge in [-0.1, -0.05) is 6.92 Å². The number of nitrogens with two attached hydrogens (primary N) is 1. The van der Waals surface area contributed by atoms with Crippen LogP contribution in [0, 0.1) is 11.3 Å². The minimum absolute atomic E-state index is 0.0122. The van der Waals surface area contributed by atoms with Gasteiger partial charge in [0.2, 0.25) is 0 Å². The van der Waals surface area contributed by atoms with Gasteiger partial charge in [0.05, 0.1) is 11.8 Å². The van der Waals surface area contributed by atoms with E-state index in [1.165, 1.54) is 0 Å². The van der Waals surface area contributed by atoms with Crippen molar-refractivity contribution >= 4 is 11.5 Å². The second-order valence-electron chi connectivity index (χ2n) is 4.77. The van der Waals surface area contributed by atoms with Crippen LogP contribution in [-0.4, -0.2) is 37.1 Å². The van der Waals surface area contributed by atoms with Gasteiger partial charge in [-0.15, -0.1) is 0 Å². The van der Waals surface area contributed by atoms with Crippen LogP contribution in [0.3, 0.4) is 0 Å². The summed E-state index contributed by atoms with van der Waals surface area (Å²) in [5.74, 6) is 0.571. The third-order valence-electron chi connectivity index (χ3n) is 3.57. The Labute approximate surface area is 107 Å². The van der Waals surface area contributed by atoms with Gasteiger partial charge < -0.3 is 15.4 Å². The van der Waals surface area contributed by atoms with Gasteiger partial charge in [-0.3, -0.25) is 10.4 Å². The molecule has 0 radical (unpaired) electrons. The maximum atomic E-state index is 7.59. The molecule has 0 amide bonds. The van der Waals surface area contributed by atoms with Gasteiger partial charge in [-0.25, -0.2) is 0 Å². The summed E-state index contributed by atoms with van der Waals surface area (Å²) < 4.78 is 5.51. The standard InChI is InChI=1S/C13H20N4O/c1-9-5-7-17(8-11(9)18-2)10-4-3-6-16-12(10)13(14)15/h3-4,6,9,11H,5,7-8H2,1-2H3,(H3,14,15). The Morgan fingerprint density at radius 2 is 2.39 bits per heavy atom. The van der Waals surface area contributed by atoms with E-state index in [1.54, 1.807) is 13.3 Å². The molecule has 1 aromatic heterocycles. The molecule has 0 spiro atoms. The van der Waals surface area contributed by atoms with Crippen molar-refractivity contribution in [3.8, 4) is 0 Å². The van der Waals surface area contributed by atoms with Crippen molar-refractivity contribution in [3.63, 3.8) is 0 Å². The van der Waals surface area contributed by atoms with E-state index in [0.717, 1.165) is 25.2 Å². The largest absolute Gasteiger partial charge is 0.382 e. The summed E-state index contributed by atoms with van der Waals surface area (Å²) >= 11 is 0. The highest BCUT2D eigenvalue weighted by Gasteiger charge is 2.27. The summed E-state index contributed by atoms with van der Waals surface area (Å²) in [5.41, 5.74) is 7.07. The van der Waals surface area contributed by atoms with Gasteiger partial charge in [0.25, 0.3) is 0 Å². The first kappa shape index (κ1) is 12.8. The molecule has 2 rings (SSSR count). The fourth-order valence-electron chi connectivity index (χ4n) is 2.42. The van der Waals surface area contributed by atoms with E-state index in [-0.39, 0.29) is 11.9 Å². The molecule has 98 valence electrons. The predicted molar refractivity (Wildman–Crippen MR) is 72.0 cm³/mol. The monoisotopic (exact) mass is 248 g/mol. The Morgan fingerprint density at radius 3 is 3.06 bits per heavy atom. The number of methoxy groups -OCH3 is 1. The summed E-state index contributed by atoms with van der Waals surface area (Å²) in [5, 5.41) is 7.59. The summed E-state index contributed by atoms with van der Waals surface area (Å²) in [6.07, 6.45) is 2.96. The fourth-order valence-corrected chi connectivity index (χ4v) is 2.42. The highest BCUT2D eigenvalue weighted by Crippen LogP contribution is 2.26. The van der Waals surface area contributed by atoms with Crippen LogP contribution in [-0.2, 0) is 4.74 Å². The van der Waals surface area contributed by atoms with Gasteiger partial charge >= 0.3 is 0 Å². The molecule has 1 aliphatic rings. The van der Waals surface area contributed by atoms with E-state index in [9.17, 15) is 0 Å². The zero-order chi connectivity index (χ0) is 13.1. The number of nitrogens with one attached hydrogen (secondary N) is 1. The molecule has 1 fully saturated rings. The average Bonchev–Trinajstić information content (AvgIpc) is 2.39. The summed E-state index contributed by atoms with van der Waals surface area (Å²) in [6, 6.07) is 3.84. The number of amidine groups is 1. The van der Waals surface area contributed by atoms with Crippen LogP contribution in [0.4, 0.5) is 5.69 Å². The molecule has 18 heavy (non-hydrogen) atoms. The van der Waals surface area contributed by atoms with E-state index >= 15 is 0 Å². The smallest absolute Gasteiger partial charge is 0.143 e. The highest BCUT2D eigenvalue weighted by molar-refractivity contribution is 5.98. The van der Waals surface area contributed by atoms with Crippen LogP contribution >= 0.6 is 0 Å². The average molecular weight is 248 g/mol. The quantitative estimate of drug-likeness (QED) is 0.623. The lowest BCUT2D eigenvalue weighted by Gasteiger charge is -2.38. The third-order valence-corrected chi connectivity index (χ3v) is 3.57. The first-order chi connectivity index (χ1) is 8.63. The van der Waals surface area contributed by atoms with Crippen molar-refractivity contribution in [2.75, 3.05) is 25.1 Å². The molecule has 1 aromatic rings. The molecular weight excluding hydrogens is 228 g/mol. The summed E-state index contributed by atoms with van der Waals surface area (Å²) in [4.78, 5) is 6.40. The SMILES string of the molecule is COC1CN(c2cccnc2C(=N)N)CCC1C. The Morgan fingerprint density at radius 1 is 1.61 bits per heavy atom. The lowest BCUT2D eigenvalue weighted by Crippen LogP contribution is -2.44. The van der Waals surface area contributed by atoms with E-state index in [0.29, 0.717) is 11.6 Å². The summed E-state index contributed by atoms with van der Waals surface area (Å²) in [7, 11) is 1.75. The number of hydrogen-bond donors (Lipinski definition) is 2. The second-order valence-corrected chi connectivity index (χ2v) is 4.77. The number of aromatic nitrogens is 1. The maximum absolute atomic E-state index is 7.59. The predicted octanol–water partition coefficient (Wildman–Crippen LogP) is 1.23. The number of nitrogen functional groups attached to an aromatic ring is 1. The Balaban J connectivity index is 2.24. The topological polar surface area (TPSA) is 75.2 Å². The third kappa shape index (κ3) is 2.46. The maximum Gasteiger partial charge on any atom is 0.143 e. The van der Waals surface area contributed by atoms with E-state index in [4.69, 9.17) is 15.9 Å². The zero-order valence-corrected chi connectivity index (χ0v) is 10.9. The van der Waals surface area contributed by atoms with Crippen molar-refractivity contribution in [1.82, 2.24) is 4.98 Å². The van der Waals surface area contributed by atoms with Crippen LogP contribution in [0.1, 0.15) is 19.0 Å². The molecule has 0 aromatic carbocycles. The zero-order valence-electron chi connectivity index (χ0n) is 10.9. The Bertz CT molecular complexity index is 435. The number of nitrogens with zero attached hydrogens (tertiary/aromatic N) is 2. The van der Waals surface area contributed by atoms with Crippen molar-refractivity contribution in [3.05, 3.63) is 24.0 Å². The molecular formula is C13H20N4O. The molecule has 1 saturated heterocycles. The normalized spacial score (nSPS) is 24.0. The Hall–Kier alpha value is -1.62. The molecule has 5 nitrogen and oxygen atoms in total. The number of hydrogen-bond acceptors (Lipinski definition) is 4. The van der Waals surface area contributed by atoms with Gasteiger partial charge in [0.15, 0.2) is 0 Å². The number of pyridine rings is 1. The molecule has 2 atom stereocenters. The molecule has 3 N–H and O–H groups in total. The van der Waals surface area contributed by atoms with E-state index in [2.05, 4.69) is 16.8 Å². The van der Waals surface area contributed by atoms with E-state index in [1.807, 2.05) is 12.1 Å².